The van der Waals surface area contributed by atoms with Crippen molar-refractivity contribution in [2.24, 2.45) is 5.73 Å². The van der Waals surface area contributed by atoms with Gasteiger partial charge >= 0.3 is 0 Å². The molecule has 0 bridgehead atoms. The number of rotatable bonds is 4. The molecule has 2 aromatic carbocycles. The number of nitro groups is 1. The first-order chi connectivity index (χ1) is 12.4. The van der Waals surface area contributed by atoms with Gasteiger partial charge in [-0.05, 0) is 24.6 Å². The fraction of sp³-hybridized carbons (Fsp3) is 0.278. The van der Waals surface area contributed by atoms with Crippen LogP contribution in [-0.2, 0) is 4.74 Å². The molecule has 0 atom stereocenters. The number of nitrogens with zero attached hydrogens (tertiary/aromatic N) is 2. The van der Waals surface area contributed by atoms with E-state index in [-0.39, 0.29) is 22.4 Å². The number of anilines is 1. The van der Waals surface area contributed by atoms with Crippen molar-refractivity contribution in [2.75, 3.05) is 31.2 Å². The molecule has 2 N–H and O–H groups in total. The summed E-state index contributed by atoms with van der Waals surface area (Å²) in [7, 11) is 0. The summed E-state index contributed by atoms with van der Waals surface area (Å²) in [6.45, 7) is 3.77. The van der Waals surface area contributed by atoms with Gasteiger partial charge in [0, 0.05) is 36.0 Å². The Labute approximate surface area is 149 Å². The number of aryl methyl sites for hydroxylation is 1. The number of primary amides is 1. The number of nitro benzene ring substituents is 1. The zero-order chi connectivity index (χ0) is 18.8. The van der Waals surface area contributed by atoms with Gasteiger partial charge in [0.15, 0.2) is 0 Å². The number of carbonyl (C=O) groups excluding carboxylic acids is 1. The molecule has 8 heteroatoms. The van der Waals surface area contributed by atoms with E-state index in [1.807, 2.05) is 4.90 Å². The Balaban J connectivity index is 2.14. The monoisotopic (exact) mass is 359 g/mol. The Kier molecular flexibility index (Phi) is 4.85. The minimum atomic E-state index is -0.794. The van der Waals surface area contributed by atoms with Crippen LogP contribution in [0.5, 0.6) is 0 Å². The zero-order valence-corrected chi connectivity index (χ0v) is 14.2. The summed E-state index contributed by atoms with van der Waals surface area (Å²) in [4.78, 5) is 24.5. The highest BCUT2D eigenvalue weighted by molar-refractivity contribution is 6.01. The highest BCUT2D eigenvalue weighted by Crippen LogP contribution is 2.34. The average Bonchev–Trinajstić information content (AvgIpc) is 2.62. The van der Waals surface area contributed by atoms with Gasteiger partial charge in [-0.1, -0.05) is 12.1 Å². The fourth-order valence-corrected chi connectivity index (χ4v) is 3.05. The van der Waals surface area contributed by atoms with Crippen LogP contribution in [0.15, 0.2) is 30.3 Å². The molecule has 0 spiro atoms. The second kappa shape index (κ2) is 7.09. The SMILES string of the molecule is Cc1ccc(-c2c(F)cc(N3CCOCC3)cc2C(N)=O)cc1[N+](=O)[O-]. The molecule has 0 aromatic heterocycles. The van der Waals surface area contributed by atoms with Crippen LogP contribution in [-0.4, -0.2) is 37.1 Å². The summed E-state index contributed by atoms with van der Waals surface area (Å²) < 4.78 is 20.2. The Morgan fingerprint density at radius 1 is 1.27 bits per heavy atom. The summed E-state index contributed by atoms with van der Waals surface area (Å²) in [5.74, 6) is -1.45. The molecule has 2 aromatic rings. The summed E-state index contributed by atoms with van der Waals surface area (Å²) in [6, 6.07) is 7.17. The van der Waals surface area contributed by atoms with Crippen molar-refractivity contribution in [2.45, 2.75) is 6.92 Å². The molecule has 3 rings (SSSR count). The highest BCUT2D eigenvalue weighted by Gasteiger charge is 2.22. The Morgan fingerprint density at radius 2 is 1.96 bits per heavy atom. The van der Waals surface area contributed by atoms with Crippen LogP contribution < -0.4 is 10.6 Å². The second-order valence-electron chi connectivity index (χ2n) is 6.07. The number of ether oxygens (including phenoxy) is 1. The molecule has 7 nitrogen and oxygen atoms in total. The number of hydrogen-bond acceptors (Lipinski definition) is 5. The molecule has 1 saturated heterocycles. The van der Waals surface area contributed by atoms with Crippen molar-refractivity contribution in [3.05, 3.63) is 57.4 Å². The van der Waals surface area contributed by atoms with Crippen molar-refractivity contribution in [3.8, 4) is 11.1 Å². The zero-order valence-electron chi connectivity index (χ0n) is 14.2. The van der Waals surface area contributed by atoms with Gasteiger partial charge in [-0.2, -0.15) is 0 Å². The van der Waals surface area contributed by atoms with Crippen molar-refractivity contribution >= 4 is 17.3 Å². The lowest BCUT2D eigenvalue weighted by Crippen LogP contribution is -2.36. The quantitative estimate of drug-likeness (QED) is 0.668. The topological polar surface area (TPSA) is 98.7 Å². The Bertz CT molecular complexity index is 879. The van der Waals surface area contributed by atoms with E-state index in [4.69, 9.17) is 10.5 Å². The molecule has 0 saturated carbocycles. The van der Waals surface area contributed by atoms with Crippen LogP contribution in [0.2, 0.25) is 0 Å². The van der Waals surface area contributed by atoms with Crippen LogP contribution in [0, 0.1) is 22.9 Å². The van der Waals surface area contributed by atoms with E-state index in [0.717, 1.165) is 0 Å². The van der Waals surface area contributed by atoms with Gasteiger partial charge < -0.3 is 15.4 Å². The van der Waals surface area contributed by atoms with E-state index in [2.05, 4.69) is 0 Å². The lowest BCUT2D eigenvalue weighted by Gasteiger charge is -2.29. The van der Waals surface area contributed by atoms with Crippen molar-refractivity contribution < 1.29 is 18.8 Å². The minimum absolute atomic E-state index is 0.00959. The van der Waals surface area contributed by atoms with E-state index < -0.39 is 16.6 Å². The Morgan fingerprint density at radius 3 is 2.58 bits per heavy atom. The highest BCUT2D eigenvalue weighted by atomic mass is 19.1. The van der Waals surface area contributed by atoms with E-state index in [1.165, 1.54) is 24.3 Å². The first-order valence-corrected chi connectivity index (χ1v) is 8.10. The number of halogens is 1. The fourth-order valence-electron chi connectivity index (χ4n) is 3.05. The number of carbonyl (C=O) groups is 1. The van der Waals surface area contributed by atoms with Crippen LogP contribution in [0.25, 0.3) is 11.1 Å². The van der Waals surface area contributed by atoms with Crippen molar-refractivity contribution in [1.29, 1.82) is 0 Å². The maximum absolute atomic E-state index is 14.9. The van der Waals surface area contributed by atoms with Gasteiger partial charge in [0.25, 0.3) is 5.69 Å². The van der Waals surface area contributed by atoms with E-state index in [9.17, 15) is 19.3 Å². The van der Waals surface area contributed by atoms with Crippen molar-refractivity contribution in [1.82, 2.24) is 0 Å². The first kappa shape index (κ1) is 17.8. The predicted octanol–water partition coefficient (Wildman–Crippen LogP) is 2.64. The first-order valence-electron chi connectivity index (χ1n) is 8.10. The van der Waals surface area contributed by atoms with Gasteiger partial charge in [-0.3, -0.25) is 14.9 Å². The van der Waals surface area contributed by atoms with Gasteiger partial charge in [0.2, 0.25) is 5.91 Å². The molecule has 1 aliphatic heterocycles. The van der Waals surface area contributed by atoms with E-state index in [0.29, 0.717) is 37.6 Å². The Hall–Kier alpha value is -3.00. The van der Waals surface area contributed by atoms with Gasteiger partial charge in [-0.15, -0.1) is 0 Å². The van der Waals surface area contributed by atoms with Gasteiger partial charge in [0.05, 0.1) is 23.7 Å². The van der Waals surface area contributed by atoms with E-state index in [1.54, 1.807) is 13.0 Å². The molecule has 26 heavy (non-hydrogen) atoms. The smallest absolute Gasteiger partial charge is 0.272 e. The summed E-state index contributed by atoms with van der Waals surface area (Å²) in [5, 5.41) is 11.2. The molecule has 1 aliphatic rings. The summed E-state index contributed by atoms with van der Waals surface area (Å²) in [6.07, 6.45) is 0. The minimum Gasteiger partial charge on any atom is -0.378 e. The second-order valence-corrected chi connectivity index (χ2v) is 6.07. The van der Waals surface area contributed by atoms with Crippen LogP contribution in [0.1, 0.15) is 15.9 Å². The number of nitrogens with two attached hydrogens (primary N) is 1. The maximum atomic E-state index is 14.9. The normalized spacial score (nSPS) is 14.3. The molecule has 1 fully saturated rings. The van der Waals surface area contributed by atoms with Crippen LogP contribution >= 0.6 is 0 Å². The van der Waals surface area contributed by atoms with Gasteiger partial charge in [0.1, 0.15) is 5.82 Å². The number of amides is 1. The lowest BCUT2D eigenvalue weighted by atomic mass is 9.96. The molecular formula is C18H18FN3O4. The lowest BCUT2D eigenvalue weighted by molar-refractivity contribution is -0.385. The maximum Gasteiger partial charge on any atom is 0.272 e. The third kappa shape index (κ3) is 3.36. The van der Waals surface area contributed by atoms with E-state index >= 15 is 0 Å². The third-order valence-electron chi connectivity index (χ3n) is 4.41. The molecule has 136 valence electrons. The van der Waals surface area contributed by atoms with Crippen LogP contribution in [0.4, 0.5) is 15.8 Å². The molecule has 1 heterocycles. The molecule has 0 radical (unpaired) electrons. The molecular weight excluding hydrogens is 341 g/mol. The predicted molar refractivity (Wildman–Crippen MR) is 94.8 cm³/mol. The molecule has 0 aliphatic carbocycles. The van der Waals surface area contributed by atoms with Gasteiger partial charge in [-0.25, -0.2) is 4.39 Å². The number of morpholine rings is 1. The third-order valence-corrected chi connectivity index (χ3v) is 4.41. The van der Waals surface area contributed by atoms with Crippen LogP contribution in [0.3, 0.4) is 0 Å². The summed E-state index contributed by atoms with van der Waals surface area (Å²) in [5.41, 5.74) is 6.50. The largest absolute Gasteiger partial charge is 0.378 e. The summed E-state index contributed by atoms with van der Waals surface area (Å²) >= 11 is 0. The van der Waals surface area contributed by atoms with Crippen molar-refractivity contribution in [3.63, 3.8) is 0 Å². The number of benzene rings is 2. The average molecular weight is 359 g/mol. The number of hydrogen-bond donors (Lipinski definition) is 1. The molecule has 0 unspecified atom stereocenters. The molecule has 1 amide bonds. The standard InChI is InChI=1S/C18H18FN3O4/c1-11-2-3-12(8-16(11)22(24)25)17-14(18(20)23)9-13(10-15(17)19)21-4-6-26-7-5-21/h2-3,8-10H,4-7H2,1H3,(H2,20,23).